The van der Waals surface area contributed by atoms with Gasteiger partial charge in [0.2, 0.25) is 0 Å². The highest BCUT2D eigenvalue weighted by atomic mass is 16.6. The molecule has 8 heteroatoms. The number of likely N-dealkylation sites (N-methyl/N-ethyl adjacent to an activating group) is 1. The Morgan fingerprint density at radius 1 is 0.525 bits per heavy atom. The average Bonchev–Trinajstić information content (AvgIpc) is 3.19. The van der Waals surface area contributed by atoms with Gasteiger partial charge in [0, 0.05) is 19.3 Å². The monoisotopic (exact) mass is 817 g/mol. The van der Waals surface area contributed by atoms with Crippen LogP contribution in [0.4, 0.5) is 0 Å². The van der Waals surface area contributed by atoms with E-state index in [0.717, 1.165) is 70.6 Å². The van der Waals surface area contributed by atoms with E-state index >= 15 is 0 Å². The van der Waals surface area contributed by atoms with Gasteiger partial charge in [-0.05, 0) is 77.0 Å². The first-order chi connectivity index (χ1) is 28.6. The Morgan fingerprint density at radius 2 is 1.00 bits per heavy atom. The van der Waals surface area contributed by atoms with Crippen LogP contribution in [0.1, 0.15) is 117 Å². The van der Waals surface area contributed by atoms with Crippen LogP contribution in [0.5, 0.6) is 0 Å². The van der Waals surface area contributed by atoms with Crippen molar-refractivity contribution in [1.29, 1.82) is 0 Å². The molecule has 0 aromatic rings. The fraction of sp³-hybridized carbons (Fsp3) is 0.510. The highest BCUT2D eigenvalue weighted by Gasteiger charge is 2.31. The van der Waals surface area contributed by atoms with Crippen molar-refractivity contribution in [3.63, 3.8) is 0 Å². The second-order valence-electron chi connectivity index (χ2n) is 15.0. The number of carbonyl (C=O) groups excluding carboxylic acids is 2. The quantitative estimate of drug-likeness (QED) is 0.0221. The molecule has 0 aliphatic rings. The van der Waals surface area contributed by atoms with Crippen molar-refractivity contribution < 1.29 is 38.2 Å². The molecule has 2 unspecified atom stereocenters. The fourth-order valence-electron chi connectivity index (χ4n) is 5.36. The van der Waals surface area contributed by atoms with Crippen molar-refractivity contribution in [2.75, 3.05) is 41.0 Å². The summed E-state index contributed by atoms with van der Waals surface area (Å²) in [5.41, 5.74) is 0. The first-order valence-corrected chi connectivity index (χ1v) is 21.8. The van der Waals surface area contributed by atoms with Crippen molar-refractivity contribution in [2.24, 2.45) is 0 Å². The number of aliphatic carboxylic acids is 1. The molecule has 0 radical (unpaired) electrons. The third-order valence-electron chi connectivity index (χ3n) is 8.67. The second kappa shape index (κ2) is 40.3. The van der Waals surface area contributed by atoms with Crippen LogP contribution in [-0.4, -0.2) is 80.6 Å². The highest BCUT2D eigenvalue weighted by Crippen LogP contribution is 2.11. The average molecular weight is 817 g/mol. The maximum absolute atomic E-state index is 12.7. The number of quaternary nitrogens is 1. The molecular formula is C51H78NO7+. The first-order valence-electron chi connectivity index (χ1n) is 21.8. The van der Waals surface area contributed by atoms with Crippen LogP contribution >= 0.6 is 0 Å². The van der Waals surface area contributed by atoms with Gasteiger partial charge < -0.3 is 23.8 Å². The molecule has 8 nitrogen and oxygen atoms in total. The summed E-state index contributed by atoms with van der Waals surface area (Å²) >= 11 is 0. The van der Waals surface area contributed by atoms with Gasteiger partial charge in [-0.2, -0.15) is 0 Å². The zero-order chi connectivity index (χ0) is 43.5. The zero-order valence-electron chi connectivity index (χ0n) is 37.1. The van der Waals surface area contributed by atoms with E-state index in [2.05, 4.69) is 98.9 Å². The third kappa shape index (κ3) is 38.7. The van der Waals surface area contributed by atoms with Gasteiger partial charge in [-0.1, -0.05) is 154 Å². The number of hydrogen-bond acceptors (Lipinski definition) is 6. The topological polar surface area (TPSA) is 99.1 Å². The Labute approximate surface area is 358 Å². The van der Waals surface area contributed by atoms with Gasteiger partial charge in [-0.25, -0.2) is 4.79 Å². The van der Waals surface area contributed by atoms with Crippen molar-refractivity contribution in [1.82, 2.24) is 0 Å². The number of hydrogen-bond donors (Lipinski definition) is 1. The number of allylic oxidation sites excluding steroid dienone is 22. The van der Waals surface area contributed by atoms with Gasteiger partial charge in [-0.3, -0.25) is 9.59 Å². The molecule has 0 bridgehead atoms. The molecule has 0 saturated carbocycles. The Bertz CT molecular complexity index is 1420. The minimum Gasteiger partial charge on any atom is -0.477 e. The van der Waals surface area contributed by atoms with Gasteiger partial charge in [0.15, 0.2) is 12.1 Å². The van der Waals surface area contributed by atoms with Gasteiger partial charge in [0.05, 0.1) is 34.4 Å². The van der Waals surface area contributed by atoms with Crippen LogP contribution in [0.2, 0.25) is 0 Å². The van der Waals surface area contributed by atoms with E-state index in [1.165, 1.54) is 0 Å². The molecule has 59 heavy (non-hydrogen) atoms. The number of carboxylic acid groups (broad SMARTS) is 1. The molecule has 0 amide bonds. The number of unbranched alkanes of at least 4 members (excludes halogenated alkanes) is 4. The van der Waals surface area contributed by atoms with Crippen LogP contribution in [0.3, 0.4) is 0 Å². The van der Waals surface area contributed by atoms with Gasteiger partial charge in [-0.15, -0.1) is 0 Å². The lowest BCUT2D eigenvalue weighted by molar-refractivity contribution is -0.887. The van der Waals surface area contributed by atoms with Crippen molar-refractivity contribution in [3.8, 4) is 0 Å². The Balaban J connectivity index is 4.57. The van der Waals surface area contributed by atoms with Crippen molar-refractivity contribution >= 4 is 17.9 Å². The summed E-state index contributed by atoms with van der Waals surface area (Å²) in [5.74, 6) is -1.62. The summed E-state index contributed by atoms with van der Waals surface area (Å²) in [4.78, 5) is 37.0. The Hall–Kier alpha value is -4.53. The summed E-state index contributed by atoms with van der Waals surface area (Å²) in [6.07, 6.45) is 57.9. The van der Waals surface area contributed by atoms with Crippen LogP contribution in [0.15, 0.2) is 134 Å². The predicted molar refractivity (Wildman–Crippen MR) is 247 cm³/mol. The number of carboxylic acids is 1. The largest absolute Gasteiger partial charge is 0.477 e. The lowest BCUT2D eigenvalue weighted by Gasteiger charge is -2.31. The molecule has 0 aromatic carbocycles. The summed E-state index contributed by atoms with van der Waals surface area (Å²) in [6, 6.07) is -0.641. The molecule has 1 N–H and O–H groups in total. The van der Waals surface area contributed by atoms with Crippen LogP contribution < -0.4 is 0 Å². The number of ether oxygens (including phenoxy) is 3. The lowest BCUT2D eigenvalue weighted by atomic mass is 10.1. The molecule has 328 valence electrons. The first kappa shape index (κ1) is 54.5. The summed E-state index contributed by atoms with van der Waals surface area (Å²) in [6.45, 7) is 4.33. The Morgan fingerprint density at radius 3 is 1.53 bits per heavy atom. The predicted octanol–water partition coefficient (Wildman–Crippen LogP) is 12.0. The smallest absolute Gasteiger partial charge is 0.362 e. The van der Waals surface area contributed by atoms with Crippen molar-refractivity contribution in [3.05, 3.63) is 134 Å². The van der Waals surface area contributed by atoms with Crippen molar-refractivity contribution in [2.45, 2.75) is 129 Å². The van der Waals surface area contributed by atoms with E-state index in [1.54, 1.807) is 0 Å². The normalized spacial score (nSPS) is 14.3. The molecule has 0 saturated heterocycles. The molecule has 0 aromatic heterocycles. The van der Waals surface area contributed by atoms with Crippen LogP contribution in [-0.2, 0) is 28.6 Å². The molecular weight excluding hydrogens is 739 g/mol. The third-order valence-corrected chi connectivity index (χ3v) is 8.67. The standard InChI is InChI=1S/C51H77NO7/c1-6-8-10-12-14-16-18-20-22-23-24-25-26-28-30-32-34-36-38-40-42-50(54)59-47(45-57-44-43-48(51(55)56)52(3,4)5)46-58-49(53)41-39-37-35-33-31-29-27-21-19-17-15-13-11-9-7-2/h8-11,13-17,19-22,24-25,27-31,34,36,47-48H,6-7,12,18,23,26,32-33,35,37-46H2,1-5H3/p+1/b10-8+,11-9+,15-13+,16-14+,19-17+,22-20+,25-24+,27-21+,30-28+,31-29+,36-34+. The van der Waals surface area contributed by atoms with Crippen LogP contribution in [0.25, 0.3) is 0 Å². The molecule has 0 aliphatic heterocycles. The molecule has 0 spiro atoms. The van der Waals surface area contributed by atoms with Gasteiger partial charge in [0.25, 0.3) is 0 Å². The molecule has 0 heterocycles. The summed E-state index contributed by atoms with van der Waals surface area (Å²) in [7, 11) is 5.47. The number of rotatable bonds is 36. The fourth-order valence-corrected chi connectivity index (χ4v) is 5.36. The molecule has 0 fully saturated rings. The molecule has 0 aliphatic carbocycles. The highest BCUT2D eigenvalue weighted by molar-refractivity contribution is 5.72. The maximum atomic E-state index is 12.7. The summed E-state index contributed by atoms with van der Waals surface area (Å²) in [5, 5.41) is 9.62. The molecule has 0 rings (SSSR count). The second-order valence-corrected chi connectivity index (χ2v) is 15.0. The number of carbonyl (C=O) groups is 3. The van der Waals surface area contributed by atoms with E-state index in [0.29, 0.717) is 19.3 Å². The zero-order valence-corrected chi connectivity index (χ0v) is 37.1. The van der Waals surface area contributed by atoms with E-state index in [4.69, 9.17) is 14.2 Å². The Kier molecular flexibility index (Phi) is 37.2. The van der Waals surface area contributed by atoms with E-state index in [9.17, 15) is 19.5 Å². The van der Waals surface area contributed by atoms with Gasteiger partial charge in [0.1, 0.15) is 6.61 Å². The minimum atomic E-state index is -0.898. The van der Waals surface area contributed by atoms with Crippen LogP contribution in [0, 0.1) is 0 Å². The van der Waals surface area contributed by atoms with E-state index in [1.807, 2.05) is 69.8 Å². The maximum Gasteiger partial charge on any atom is 0.362 e. The van der Waals surface area contributed by atoms with E-state index < -0.39 is 18.1 Å². The van der Waals surface area contributed by atoms with E-state index in [-0.39, 0.29) is 49.1 Å². The summed E-state index contributed by atoms with van der Waals surface area (Å²) < 4.78 is 17.1. The number of esters is 2. The lowest BCUT2D eigenvalue weighted by Crippen LogP contribution is -2.50. The minimum absolute atomic E-state index is 0.0131. The number of nitrogens with zero attached hydrogens (tertiary/aromatic N) is 1. The SMILES string of the molecule is CC/C=C/C=C/C=C/C=C/C=C/CCCCCC(=O)OCC(COCCC(C(=O)O)[N+](C)(C)C)OC(=O)CCC/C=C/C/C=C/C/C=C/C/C=C/C/C=C/C/C=C/CC. The van der Waals surface area contributed by atoms with Gasteiger partial charge >= 0.3 is 17.9 Å². The molecule has 2 atom stereocenters.